The molecule has 2 atom stereocenters. The van der Waals surface area contributed by atoms with Gasteiger partial charge in [0, 0.05) is 0 Å². The summed E-state index contributed by atoms with van der Waals surface area (Å²) >= 11 is 0. The Morgan fingerprint density at radius 1 is 1.62 bits per heavy atom. The molecule has 0 saturated carbocycles. The van der Waals surface area contributed by atoms with Gasteiger partial charge in [-0.25, -0.2) is 0 Å². The van der Waals surface area contributed by atoms with E-state index in [0.29, 0.717) is 0 Å². The first kappa shape index (κ1) is 10.7. The van der Waals surface area contributed by atoms with Crippen LogP contribution in [0, 0.1) is 5.41 Å². The Balaban J connectivity index is 2.64. The van der Waals surface area contributed by atoms with Gasteiger partial charge in [-0.1, -0.05) is 20.8 Å². The van der Waals surface area contributed by atoms with E-state index in [1.165, 1.54) is 0 Å². The average molecular weight is 184 g/mol. The minimum Gasteiger partial charge on any atom is -0.364 e. The van der Waals surface area contributed by atoms with Crippen LogP contribution in [-0.2, 0) is 9.53 Å². The van der Waals surface area contributed by atoms with Gasteiger partial charge in [0.2, 0.25) is 0 Å². The summed E-state index contributed by atoms with van der Waals surface area (Å²) in [5.74, 6) is 0. The summed E-state index contributed by atoms with van der Waals surface area (Å²) < 4.78 is 5.79. The van der Waals surface area contributed by atoms with Crippen LogP contribution in [-0.4, -0.2) is 18.0 Å². The highest BCUT2D eigenvalue weighted by atomic mass is 16.5. The SMILES string of the molecule is CCC(C)(C)C1CCC(C)(C=O)O1. The molecule has 0 aromatic heterocycles. The molecule has 0 aliphatic carbocycles. The summed E-state index contributed by atoms with van der Waals surface area (Å²) in [5, 5.41) is 0. The number of hydrogen-bond acceptors (Lipinski definition) is 2. The van der Waals surface area contributed by atoms with E-state index in [1.807, 2.05) is 6.92 Å². The highest BCUT2D eigenvalue weighted by molar-refractivity contribution is 5.62. The molecule has 0 amide bonds. The van der Waals surface area contributed by atoms with Crippen molar-refractivity contribution in [2.75, 3.05) is 0 Å². The summed E-state index contributed by atoms with van der Waals surface area (Å²) in [6.45, 7) is 8.45. The maximum atomic E-state index is 10.8. The quantitative estimate of drug-likeness (QED) is 0.630. The molecule has 0 N–H and O–H groups in total. The molecule has 1 rings (SSSR count). The van der Waals surface area contributed by atoms with E-state index in [0.717, 1.165) is 25.5 Å². The third-order valence-corrected chi connectivity index (χ3v) is 3.35. The van der Waals surface area contributed by atoms with Crippen molar-refractivity contribution in [1.82, 2.24) is 0 Å². The fraction of sp³-hybridized carbons (Fsp3) is 0.909. The van der Waals surface area contributed by atoms with Gasteiger partial charge in [-0.05, 0) is 31.6 Å². The summed E-state index contributed by atoms with van der Waals surface area (Å²) in [6, 6.07) is 0. The second kappa shape index (κ2) is 3.41. The van der Waals surface area contributed by atoms with E-state index in [4.69, 9.17) is 4.74 Å². The summed E-state index contributed by atoms with van der Waals surface area (Å²) in [5.41, 5.74) is -0.322. The molecule has 0 aromatic carbocycles. The lowest BCUT2D eigenvalue weighted by atomic mass is 9.82. The lowest BCUT2D eigenvalue weighted by molar-refractivity contribution is -0.133. The molecule has 0 spiro atoms. The molecular weight excluding hydrogens is 164 g/mol. The van der Waals surface area contributed by atoms with Crippen LogP contribution in [0.15, 0.2) is 0 Å². The molecule has 1 saturated heterocycles. The third-order valence-electron chi connectivity index (χ3n) is 3.35. The minimum atomic E-state index is -0.517. The van der Waals surface area contributed by atoms with Gasteiger partial charge in [0.15, 0.2) is 6.29 Å². The predicted octanol–water partition coefficient (Wildman–Crippen LogP) is 2.56. The van der Waals surface area contributed by atoms with Crippen LogP contribution in [0.25, 0.3) is 0 Å². The largest absolute Gasteiger partial charge is 0.364 e. The van der Waals surface area contributed by atoms with Crippen molar-refractivity contribution in [2.45, 2.75) is 58.7 Å². The predicted molar refractivity (Wildman–Crippen MR) is 52.6 cm³/mol. The maximum Gasteiger partial charge on any atom is 0.151 e. The lowest BCUT2D eigenvalue weighted by Crippen LogP contribution is -2.33. The van der Waals surface area contributed by atoms with Crippen LogP contribution >= 0.6 is 0 Å². The van der Waals surface area contributed by atoms with E-state index in [2.05, 4.69) is 20.8 Å². The number of carbonyl (C=O) groups excluding carboxylic acids is 1. The van der Waals surface area contributed by atoms with Gasteiger partial charge in [0.05, 0.1) is 6.10 Å². The second-order valence-electron chi connectivity index (χ2n) is 4.92. The molecule has 0 radical (unpaired) electrons. The maximum absolute atomic E-state index is 10.8. The Morgan fingerprint density at radius 2 is 2.23 bits per heavy atom. The third kappa shape index (κ3) is 2.11. The Labute approximate surface area is 80.7 Å². The van der Waals surface area contributed by atoms with Gasteiger partial charge >= 0.3 is 0 Å². The van der Waals surface area contributed by atoms with Crippen LogP contribution in [0.2, 0.25) is 0 Å². The van der Waals surface area contributed by atoms with Crippen molar-refractivity contribution in [1.29, 1.82) is 0 Å². The summed E-state index contributed by atoms with van der Waals surface area (Å²) in [7, 11) is 0. The van der Waals surface area contributed by atoms with Gasteiger partial charge in [-0.2, -0.15) is 0 Å². The molecule has 2 heteroatoms. The van der Waals surface area contributed by atoms with Crippen molar-refractivity contribution >= 4 is 6.29 Å². The van der Waals surface area contributed by atoms with Crippen LogP contribution in [0.4, 0.5) is 0 Å². The second-order valence-corrected chi connectivity index (χ2v) is 4.92. The van der Waals surface area contributed by atoms with Crippen LogP contribution < -0.4 is 0 Å². The minimum absolute atomic E-state index is 0.195. The van der Waals surface area contributed by atoms with Gasteiger partial charge < -0.3 is 9.53 Å². The van der Waals surface area contributed by atoms with E-state index < -0.39 is 5.60 Å². The number of aldehydes is 1. The van der Waals surface area contributed by atoms with Gasteiger partial charge in [-0.15, -0.1) is 0 Å². The first-order valence-corrected chi connectivity index (χ1v) is 5.08. The molecule has 0 bridgehead atoms. The smallest absolute Gasteiger partial charge is 0.151 e. The fourth-order valence-electron chi connectivity index (χ4n) is 1.73. The zero-order valence-electron chi connectivity index (χ0n) is 9.09. The van der Waals surface area contributed by atoms with Crippen LogP contribution in [0.1, 0.15) is 47.0 Å². The van der Waals surface area contributed by atoms with E-state index in [9.17, 15) is 4.79 Å². The van der Waals surface area contributed by atoms with Crippen molar-refractivity contribution in [3.63, 3.8) is 0 Å². The topological polar surface area (TPSA) is 26.3 Å². The normalized spacial score (nSPS) is 34.9. The monoisotopic (exact) mass is 184 g/mol. The molecule has 76 valence electrons. The van der Waals surface area contributed by atoms with Crippen molar-refractivity contribution < 1.29 is 9.53 Å². The molecule has 1 aliphatic rings. The molecule has 2 nitrogen and oxygen atoms in total. The van der Waals surface area contributed by atoms with Crippen molar-refractivity contribution in [3.8, 4) is 0 Å². The lowest BCUT2D eigenvalue weighted by Gasteiger charge is -2.31. The highest BCUT2D eigenvalue weighted by Gasteiger charge is 2.42. The van der Waals surface area contributed by atoms with Crippen LogP contribution in [0.5, 0.6) is 0 Å². The standard InChI is InChI=1S/C11H20O2/c1-5-10(2,3)9-6-7-11(4,8-12)13-9/h8-9H,5-7H2,1-4H3. The molecule has 1 aliphatic heterocycles. The number of hydrogen-bond donors (Lipinski definition) is 0. The summed E-state index contributed by atoms with van der Waals surface area (Å²) in [4.78, 5) is 10.8. The first-order valence-electron chi connectivity index (χ1n) is 5.08. The van der Waals surface area contributed by atoms with Gasteiger partial charge in [0.1, 0.15) is 5.60 Å². The fourth-order valence-corrected chi connectivity index (χ4v) is 1.73. The molecule has 13 heavy (non-hydrogen) atoms. The van der Waals surface area contributed by atoms with Crippen LogP contribution in [0.3, 0.4) is 0 Å². The molecule has 1 heterocycles. The zero-order chi connectivity index (χ0) is 10.1. The molecule has 1 fully saturated rings. The van der Waals surface area contributed by atoms with Gasteiger partial charge in [-0.3, -0.25) is 0 Å². The Morgan fingerprint density at radius 3 is 2.62 bits per heavy atom. The number of carbonyl (C=O) groups is 1. The summed E-state index contributed by atoms with van der Waals surface area (Å²) in [6.07, 6.45) is 4.15. The number of ether oxygens (including phenoxy) is 1. The highest BCUT2D eigenvalue weighted by Crippen LogP contribution is 2.39. The Bertz CT molecular complexity index is 198. The zero-order valence-corrected chi connectivity index (χ0v) is 9.09. The van der Waals surface area contributed by atoms with E-state index in [1.54, 1.807) is 0 Å². The number of rotatable bonds is 3. The van der Waals surface area contributed by atoms with Crippen molar-refractivity contribution in [3.05, 3.63) is 0 Å². The molecule has 0 aromatic rings. The Hall–Kier alpha value is -0.370. The van der Waals surface area contributed by atoms with Crippen molar-refractivity contribution in [2.24, 2.45) is 5.41 Å². The first-order chi connectivity index (χ1) is 5.93. The molecule has 2 unspecified atom stereocenters. The van der Waals surface area contributed by atoms with E-state index >= 15 is 0 Å². The molecular formula is C11H20O2. The average Bonchev–Trinajstić information content (AvgIpc) is 2.50. The van der Waals surface area contributed by atoms with E-state index in [-0.39, 0.29) is 11.5 Å². The van der Waals surface area contributed by atoms with Gasteiger partial charge in [0.25, 0.3) is 0 Å². The Kier molecular flexibility index (Phi) is 2.81.